The van der Waals surface area contributed by atoms with E-state index in [0.717, 1.165) is 38.5 Å². The summed E-state index contributed by atoms with van der Waals surface area (Å²) in [6.07, 6.45) is 5.70. The molecule has 4 unspecified atom stereocenters. The molecule has 1 saturated heterocycles. The van der Waals surface area contributed by atoms with Crippen LogP contribution in [0.4, 0.5) is 0 Å². The minimum absolute atomic E-state index is 0.0517. The molecule has 0 aromatic heterocycles. The smallest absolute Gasteiger partial charge is 0.240 e. The lowest BCUT2D eigenvalue weighted by atomic mass is 9.85. The second-order valence-corrected chi connectivity index (χ2v) is 8.40. The van der Waals surface area contributed by atoms with E-state index >= 15 is 0 Å². The first-order chi connectivity index (χ1) is 13.9. The van der Waals surface area contributed by atoms with Crippen molar-refractivity contribution in [1.82, 2.24) is 4.90 Å². The fourth-order valence-corrected chi connectivity index (χ4v) is 3.50. The first kappa shape index (κ1) is 30.6. The lowest BCUT2D eigenvalue weighted by Crippen LogP contribution is -2.57. The van der Waals surface area contributed by atoms with Crippen molar-refractivity contribution in [3.8, 4) is 0 Å². The van der Waals surface area contributed by atoms with Crippen LogP contribution in [-0.2, 0) is 14.4 Å². The highest BCUT2D eigenvalue weighted by atomic mass is 16.2. The van der Waals surface area contributed by atoms with E-state index in [2.05, 4.69) is 20.1 Å². The molecule has 7 nitrogen and oxygen atoms in total. The van der Waals surface area contributed by atoms with Crippen LogP contribution in [0.15, 0.2) is 13.2 Å². The van der Waals surface area contributed by atoms with Crippen molar-refractivity contribution >= 4 is 17.5 Å². The van der Waals surface area contributed by atoms with Crippen molar-refractivity contribution in [2.45, 2.75) is 104 Å². The molecule has 7 heteroatoms. The molecule has 6 N–H and O–H groups in total. The number of likely N-dealkylation sites (tertiary alicyclic amines) is 1. The summed E-state index contributed by atoms with van der Waals surface area (Å²) in [6.45, 7) is 17.5. The standard InChI is InChI=1S/C16H30N2O2.C5H12N2O.C2H4/c1-5-6-7-9-16(13(4)19)10-8-11-18(16)15(20)14(17)12(2)3;1-3(6)5(7)4(2)8;1-2/h12,14H,5-11,17H2,1-4H3;3,5H,6-7H2,1-2H3;1-2H2. The van der Waals surface area contributed by atoms with Crippen molar-refractivity contribution < 1.29 is 14.4 Å². The third-order valence-electron chi connectivity index (χ3n) is 5.64. The summed E-state index contributed by atoms with van der Waals surface area (Å²) in [5, 5.41) is 0. The van der Waals surface area contributed by atoms with E-state index < -0.39 is 17.6 Å². The van der Waals surface area contributed by atoms with E-state index in [1.807, 2.05) is 13.8 Å². The Hall–Kier alpha value is -1.57. The summed E-state index contributed by atoms with van der Waals surface area (Å²) in [5.41, 5.74) is 16.0. The molecule has 0 radical (unpaired) electrons. The minimum atomic E-state index is -0.585. The number of hydrogen-bond acceptors (Lipinski definition) is 6. The van der Waals surface area contributed by atoms with Crippen LogP contribution in [0.2, 0.25) is 0 Å². The zero-order valence-electron chi connectivity index (χ0n) is 20.1. The second kappa shape index (κ2) is 15.3. The molecule has 0 spiro atoms. The van der Waals surface area contributed by atoms with Crippen molar-refractivity contribution in [3.63, 3.8) is 0 Å². The third kappa shape index (κ3) is 9.06. The van der Waals surface area contributed by atoms with Crippen LogP contribution < -0.4 is 17.2 Å². The number of carbonyl (C=O) groups is 3. The average molecular weight is 427 g/mol. The Labute approximate surface area is 183 Å². The number of amides is 1. The molecule has 0 aromatic rings. The van der Waals surface area contributed by atoms with Crippen LogP contribution in [0.25, 0.3) is 0 Å². The first-order valence-electron chi connectivity index (χ1n) is 11.0. The molecule has 176 valence electrons. The summed E-state index contributed by atoms with van der Waals surface area (Å²) >= 11 is 0. The fraction of sp³-hybridized carbons (Fsp3) is 0.783. The van der Waals surface area contributed by atoms with Gasteiger partial charge in [0.1, 0.15) is 11.3 Å². The molecule has 0 aromatic carbocycles. The van der Waals surface area contributed by atoms with Gasteiger partial charge in [-0.2, -0.15) is 0 Å². The number of rotatable bonds is 9. The Kier molecular flexibility index (Phi) is 15.6. The van der Waals surface area contributed by atoms with Crippen LogP contribution in [0, 0.1) is 5.92 Å². The fourth-order valence-electron chi connectivity index (χ4n) is 3.50. The molecule has 0 saturated carbocycles. The monoisotopic (exact) mass is 426 g/mol. The SMILES string of the molecule is C=C.CC(=O)C(N)C(C)N.CCCCCC1(C(C)=O)CCCN1C(=O)C(N)C(C)C. The number of carbonyl (C=O) groups excluding carboxylic acids is 3. The van der Waals surface area contributed by atoms with Crippen molar-refractivity contribution in [2.75, 3.05) is 6.54 Å². The van der Waals surface area contributed by atoms with Gasteiger partial charge in [0, 0.05) is 12.6 Å². The molecule has 1 rings (SSSR count). The minimum Gasteiger partial charge on any atom is -0.329 e. The maximum atomic E-state index is 12.6. The zero-order chi connectivity index (χ0) is 24.1. The molecular formula is C23H46N4O3. The summed E-state index contributed by atoms with van der Waals surface area (Å²) in [7, 11) is 0. The van der Waals surface area contributed by atoms with Gasteiger partial charge in [-0.3, -0.25) is 14.4 Å². The van der Waals surface area contributed by atoms with Gasteiger partial charge >= 0.3 is 0 Å². The highest BCUT2D eigenvalue weighted by molar-refractivity contribution is 5.93. The van der Waals surface area contributed by atoms with Gasteiger partial charge in [-0.15, -0.1) is 13.2 Å². The van der Waals surface area contributed by atoms with E-state index in [1.54, 1.807) is 18.7 Å². The Balaban J connectivity index is 0. The topological polar surface area (TPSA) is 133 Å². The number of unbranched alkanes of at least 4 members (excludes halogenated alkanes) is 2. The Bertz CT molecular complexity index is 537. The van der Waals surface area contributed by atoms with E-state index in [0.29, 0.717) is 6.54 Å². The van der Waals surface area contributed by atoms with Gasteiger partial charge in [-0.05, 0) is 46.0 Å². The Morgan fingerprint density at radius 3 is 1.87 bits per heavy atom. The predicted molar refractivity (Wildman–Crippen MR) is 125 cm³/mol. The third-order valence-corrected chi connectivity index (χ3v) is 5.64. The lowest BCUT2D eigenvalue weighted by Gasteiger charge is -2.38. The van der Waals surface area contributed by atoms with Crippen LogP contribution in [0.1, 0.15) is 80.1 Å². The predicted octanol–water partition coefficient (Wildman–Crippen LogP) is 2.55. The van der Waals surface area contributed by atoms with Crippen LogP contribution >= 0.6 is 0 Å². The number of nitrogens with two attached hydrogens (primary N) is 3. The Morgan fingerprint density at radius 1 is 1.00 bits per heavy atom. The summed E-state index contributed by atoms with van der Waals surface area (Å²) < 4.78 is 0. The number of Topliss-reactive ketones (excluding diaryl/α,β-unsaturated/α-hetero) is 2. The van der Waals surface area contributed by atoms with Gasteiger partial charge in [0.05, 0.1) is 12.1 Å². The molecule has 1 fully saturated rings. The molecule has 1 aliphatic heterocycles. The Morgan fingerprint density at radius 2 is 1.53 bits per heavy atom. The van der Waals surface area contributed by atoms with Crippen LogP contribution in [-0.4, -0.2) is 52.6 Å². The quantitative estimate of drug-likeness (QED) is 0.383. The second-order valence-electron chi connectivity index (χ2n) is 8.40. The highest BCUT2D eigenvalue weighted by Crippen LogP contribution is 2.36. The highest BCUT2D eigenvalue weighted by Gasteiger charge is 2.47. The molecule has 30 heavy (non-hydrogen) atoms. The van der Waals surface area contributed by atoms with Crippen LogP contribution in [0.3, 0.4) is 0 Å². The summed E-state index contributed by atoms with van der Waals surface area (Å²) in [4.78, 5) is 37.0. The number of ketones is 2. The molecule has 1 amide bonds. The molecule has 0 bridgehead atoms. The first-order valence-corrected chi connectivity index (χ1v) is 11.0. The van der Waals surface area contributed by atoms with Crippen LogP contribution in [0.5, 0.6) is 0 Å². The van der Waals surface area contributed by atoms with Gasteiger partial charge < -0.3 is 22.1 Å². The molecule has 4 atom stereocenters. The maximum Gasteiger partial charge on any atom is 0.240 e. The van der Waals surface area contributed by atoms with Gasteiger partial charge in [0.25, 0.3) is 0 Å². The maximum absolute atomic E-state index is 12.6. The van der Waals surface area contributed by atoms with Crippen molar-refractivity contribution in [1.29, 1.82) is 0 Å². The van der Waals surface area contributed by atoms with E-state index in [-0.39, 0.29) is 29.4 Å². The normalized spacial score (nSPS) is 20.9. The lowest BCUT2D eigenvalue weighted by molar-refractivity contribution is -0.145. The average Bonchev–Trinajstić information content (AvgIpc) is 3.13. The number of hydrogen-bond donors (Lipinski definition) is 3. The van der Waals surface area contributed by atoms with Crippen molar-refractivity contribution in [2.24, 2.45) is 23.1 Å². The molecule has 1 aliphatic rings. The molecule has 1 heterocycles. The molecule has 0 aliphatic carbocycles. The van der Waals surface area contributed by atoms with Gasteiger partial charge in [-0.25, -0.2) is 0 Å². The van der Waals surface area contributed by atoms with Gasteiger partial charge in [0.2, 0.25) is 5.91 Å². The van der Waals surface area contributed by atoms with Gasteiger partial charge in [0.15, 0.2) is 5.78 Å². The van der Waals surface area contributed by atoms with E-state index in [9.17, 15) is 14.4 Å². The molecular weight excluding hydrogens is 380 g/mol. The summed E-state index contributed by atoms with van der Waals surface area (Å²) in [5.74, 6) is 0.114. The van der Waals surface area contributed by atoms with E-state index in [4.69, 9.17) is 17.2 Å². The zero-order valence-corrected chi connectivity index (χ0v) is 20.1. The summed E-state index contributed by atoms with van der Waals surface area (Å²) in [6, 6.07) is -1.22. The van der Waals surface area contributed by atoms with Crippen molar-refractivity contribution in [3.05, 3.63) is 13.2 Å². The largest absolute Gasteiger partial charge is 0.329 e. The van der Waals surface area contributed by atoms with Gasteiger partial charge in [-0.1, -0.05) is 40.0 Å². The number of nitrogens with zero attached hydrogens (tertiary/aromatic N) is 1. The van der Waals surface area contributed by atoms with E-state index in [1.165, 1.54) is 6.92 Å².